The van der Waals surface area contributed by atoms with Crippen molar-refractivity contribution in [3.63, 3.8) is 0 Å². The van der Waals surface area contributed by atoms with Crippen molar-refractivity contribution in [3.05, 3.63) is 30.3 Å². The molecule has 0 bridgehead atoms. The Bertz CT molecular complexity index is 450. The van der Waals surface area contributed by atoms with E-state index in [-0.39, 0.29) is 4.90 Å². The van der Waals surface area contributed by atoms with Crippen molar-refractivity contribution in [1.82, 2.24) is 0 Å². The molecule has 0 aliphatic rings. The summed E-state index contributed by atoms with van der Waals surface area (Å²) in [6, 6.07) is 7.42. The highest BCUT2D eigenvalue weighted by Crippen LogP contribution is 2.10. The van der Waals surface area contributed by atoms with Gasteiger partial charge in [0.25, 0.3) is 10.1 Å². The zero-order chi connectivity index (χ0) is 17.4. The smallest absolute Gasteiger partial charge is 0.294 e. The van der Waals surface area contributed by atoms with Crippen molar-refractivity contribution in [2.75, 3.05) is 6.54 Å². The third kappa shape index (κ3) is 14.4. The van der Waals surface area contributed by atoms with Gasteiger partial charge in [-0.05, 0) is 25.1 Å². The number of hydrogen-bond donors (Lipinski definition) is 2. The van der Waals surface area contributed by atoms with E-state index in [9.17, 15) is 8.42 Å². The highest BCUT2D eigenvalue weighted by Gasteiger charge is 2.05. The average Bonchev–Trinajstić information content (AvgIpc) is 2.54. The highest BCUT2D eigenvalue weighted by molar-refractivity contribution is 7.85. The van der Waals surface area contributed by atoms with Crippen molar-refractivity contribution in [3.8, 4) is 0 Å². The summed E-state index contributed by atoms with van der Waals surface area (Å²) in [6.07, 6.45) is 13.9. The summed E-state index contributed by atoms with van der Waals surface area (Å²) >= 11 is 0. The zero-order valence-corrected chi connectivity index (χ0v) is 15.2. The van der Waals surface area contributed by atoms with Gasteiger partial charge in [0.05, 0.1) is 4.90 Å². The van der Waals surface area contributed by atoms with Gasteiger partial charge in [-0.3, -0.25) is 4.55 Å². The molecule has 0 aliphatic carbocycles. The van der Waals surface area contributed by atoms with Crippen molar-refractivity contribution in [1.29, 1.82) is 0 Å². The largest absolute Gasteiger partial charge is 0.330 e. The topological polar surface area (TPSA) is 80.4 Å². The van der Waals surface area contributed by atoms with E-state index in [0.29, 0.717) is 0 Å². The lowest BCUT2D eigenvalue weighted by molar-refractivity contribution is 0.483. The zero-order valence-electron chi connectivity index (χ0n) is 14.4. The molecule has 0 heterocycles. The van der Waals surface area contributed by atoms with E-state index in [1.54, 1.807) is 18.2 Å². The lowest BCUT2D eigenvalue weighted by atomic mass is 10.1. The molecule has 1 aromatic rings. The standard InChI is InChI=1S/C12H27N.C6H6O3S/c1-2-3-4-5-6-7-8-9-10-11-12-13;7-10(8,9)6-4-2-1-3-5-6/h2-13H2,1H3;1-5H,(H,7,8,9). The van der Waals surface area contributed by atoms with E-state index in [1.807, 2.05) is 0 Å². The number of rotatable bonds is 11. The lowest BCUT2D eigenvalue weighted by Crippen LogP contribution is -1.97. The van der Waals surface area contributed by atoms with Gasteiger partial charge in [-0.25, -0.2) is 0 Å². The van der Waals surface area contributed by atoms with Gasteiger partial charge in [-0.15, -0.1) is 0 Å². The molecule has 0 saturated carbocycles. The second-order valence-corrected chi connectivity index (χ2v) is 7.18. The Hall–Kier alpha value is -0.910. The first-order valence-corrected chi connectivity index (χ1v) is 10.2. The van der Waals surface area contributed by atoms with Crippen LogP contribution in [0, 0.1) is 0 Å². The summed E-state index contributed by atoms with van der Waals surface area (Å²) in [4.78, 5) is -0.0741. The second kappa shape index (κ2) is 14.7. The van der Waals surface area contributed by atoms with Crippen LogP contribution in [0.4, 0.5) is 0 Å². The molecule has 0 radical (unpaired) electrons. The maximum absolute atomic E-state index is 10.4. The minimum absolute atomic E-state index is 0.0741. The maximum atomic E-state index is 10.4. The first-order chi connectivity index (χ1) is 11.0. The summed E-state index contributed by atoms with van der Waals surface area (Å²) in [5.74, 6) is 0. The fourth-order valence-electron chi connectivity index (χ4n) is 2.22. The Morgan fingerprint density at radius 1 is 0.826 bits per heavy atom. The van der Waals surface area contributed by atoms with Crippen LogP contribution in [0.2, 0.25) is 0 Å². The van der Waals surface area contributed by atoms with Gasteiger partial charge in [0.1, 0.15) is 0 Å². The van der Waals surface area contributed by atoms with Crippen LogP contribution >= 0.6 is 0 Å². The third-order valence-electron chi connectivity index (χ3n) is 3.60. The van der Waals surface area contributed by atoms with Gasteiger partial charge in [-0.1, -0.05) is 82.9 Å². The molecule has 0 amide bonds. The molecule has 0 fully saturated rings. The quantitative estimate of drug-likeness (QED) is 0.447. The van der Waals surface area contributed by atoms with Crippen LogP contribution in [-0.2, 0) is 10.1 Å². The van der Waals surface area contributed by atoms with Crippen molar-refractivity contribution < 1.29 is 13.0 Å². The Labute approximate surface area is 142 Å². The van der Waals surface area contributed by atoms with Gasteiger partial charge in [0, 0.05) is 0 Å². The van der Waals surface area contributed by atoms with Gasteiger partial charge in [0.2, 0.25) is 0 Å². The molecular formula is C18H33NO3S. The summed E-state index contributed by atoms with van der Waals surface area (Å²) in [5.41, 5.74) is 5.42. The van der Waals surface area contributed by atoms with Gasteiger partial charge in [-0.2, -0.15) is 8.42 Å². The first kappa shape index (κ1) is 22.1. The molecule has 23 heavy (non-hydrogen) atoms. The molecule has 0 atom stereocenters. The van der Waals surface area contributed by atoms with E-state index in [4.69, 9.17) is 10.3 Å². The van der Waals surface area contributed by atoms with Crippen LogP contribution in [-0.4, -0.2) is 19.5 Å². The van der Waals surface area contributed by atoms with Crippen LogP contribution < -0.4 is 5.73 Å². The highest BCUT2D eigenvalue weighted by atomic mass is 32.2. The van der Waals surface area contributed by atoms with Gasteiger partial charge < -0.3 is 5.73 Å². The minimum atomic E-state index is -4.00. The van der Waals surface area contributed by atoms with E-state index >= 15 is 0 Å². The summed E-state index contributed by atoms with van der Waals surface area (Å²) < 4.78 is 29.2. The monoisotopic (exact) mass is 343 g/mol. The molecule has 0 aliphatic heterocycles. The molecular weight excluding hydrogens is 310 g/mol. The molecule has 5 heteroatoms. The first-order valence-electron chi connectivity index (χ1n) is 8.75. The SMILES string of the molecule is CCCCCCCCCCCCN.O=S(=O)(O)c1ccccc1. The molecule has 3 N–H and O–H groups in total. The molecule has 0 saturated heterocycles. The average molecular weight is 344 g/mol. The van der Waals surface area contributed by atoms with Crippen LogP contribution in [0.3, 0.4) is 0 Å². The van der Waals surface area contributed by atoms with Crippen LogP contribution in [0.15, 0.2) is 35.2 Å². The summed E-state index contributed by atoms with van der Waals surface area (Å²) in [6.45, 7) is 3.14. The molecule has 1 rings (SSSR count). The molecule has 1 aromatic carbocycles. The van der Waals surface area contributed by atoms with Crippen molar-refractivity contribution >= 4 is 10.1 Å². The predicted octanol–water partition coefficient (Wildman–Crippen LogP) is 4.80. The Morgan fingerprint density at radius 3 is 1.61 bits per heavy atom. The number of hydrogen-bond acceptors (Lipinski definition) is 3. The number of unbranched alkanes of at least 4 members (excludes halogenated alkanes) is 9. The van der Waals surface area contributed by atoms with E-state index < -0.39 is 10.1 Å². The van der Waals surface area contributed by atoms with Crippen molar-refractivity contribution in [2.24, 2.45) is 5.73 Å². The fourth-order valence-corrected chi connectivity index (χ4v) is 2.73. The lowest BCUT2D eigenvalue weighted by Gasteiger charge is -2.00. The summed E-state index contributed by atoms with van der Waals surface area (Å²) in [5, 5.41) is 0. The van der Waals surface area contributed by atoms with Crippen LogP contribution in [0.5, 0.6) is 0 Å². The van der Waals surface area contributed by atoms with Gasteiger partial charge in [0.15, 0.2) is 0 Å². The Morgan fingerprint density at radius 2 is 1.26 bits per heavy atom. The minimum Gasteiger partial charge on any atom is -0.330 e. The predicted molar refractivity (Wildman–Crippen MR) is 97.2 cm³/mol. The number of nitrogens with two attached hydrogens (primary N) is 1. The Kier molecular flexibility index (Phi) is 14.1. The summed E-state index contributed by atoms with van der Waals surface area (Å²) in [7, 11) is -4.00. The molecule has 4 nitrogen and oxygen atoms in total. The number of benzene rings is 1. The molecule has 0 spiro atoms. The van der Waals surface area contributed by atoms with Crippen LogP contribution in [0.25, 0.3) is 0 Å². The van der Waals surface area contributed by atoms with Crippen molar-refractivity contribution in [2.45, 2.75) is 76.0 Å². The molecule has 0 aromatic heterocycles. The van der Waals surface area contributed by atoms with E-state index in [2.05, 4.69) is 6.92 Å². The normalized spacial score (nSPS) is 10.9. The van der Waals surface area contributed by atoms with Crippen LogP contribution in [0.1, 0.15) is 71.1 Å². The fraction of sp³-hybridized carbons (Fsp3) is 0.667. The van der Waals surface area contributed by atoms with E-state index in [0.717, 1.165) is 6.54 Å². The third-order valence-corrected chi connectivity index (χ3v) is 4.47. The molecule has 0 unspecified atom stereocenters. The van der Waals surface area contributed by atoms with E-state index in [1.165, 1.54) is 76.3 Å². The second-order valence-electron chi connectivity index (χ2n) is 5.76. The van der Waals surface area contributed by atoms with Gasteiger partial charge >= 0.3 is 0 Å². The Balaban J connectivity index is 0.000000433. The maximum Gasteiger partial charge on any atom is 0.294 e. The molecule has 134 valence electrons.